The van der Waals surface area contributed by atoms with Gasteiger partial charge in [-0.05, 0) is 66.9 Å². The Balaban J connectivity index is 1.55. The number of rotatable bonds is 11. The fourth-order valence-corrected chi connectivity index (χ4v) is 4.62. The maximum Gasteiger partial charge on any atom is 0.273 e. The quantitative estimate of drug-likeness (QED) is 0.159. The van der Waals surface area contributed by atoms with Gasteiger partial charge in [0.05, 0.1) is 29.7 Å². The summed E-state index contributed by atoms with van der Waals surface area (Å²) in [6.07, 6.45) is 0.457. The highest BCUT2D eigenvalue weighted by Crippen LogP contribution is 2.25. The lowest BCUT2D eigenvalue weighted by Gasteiger charge is -2.25. The van der Waals surface area contributed by atoms with E-state index in [1.807, 2.05) is 66.4 Å². The van der Waals surface area contributed by atoms with Gasteiger partial charge in [0.15, 0.2) is 0 Å². The third-order valence-corrected chi connectivity index (χ3v) is 6.48. The molecule has 212 valence electrons. The van der Waals surface area contributed by atoms with Crippen molar-refractivity contribution in [3.8, 4) is 0 Å². The van der Waals surface area contributed by atoms with Gasteiger partial charge in [0.1, 0.15) is 0 Å². The van der Waals surface area contributed by atoms with E-state index in [0.717, 1.165) is 27.5 Å². The highest BCUT2D eigenvalue weighted by atomic mass is 16.3. The van der Waals surface area contributed by atoms with Crippen LogP contribution in [-0.4, -0.2) is 58.4 Å². The standard InChI is InChI=1S/C33H36N4O4/c1-22-11-13-25(14-12-22)18-34-36-33(41)30-16-27-8-4-5-9-28(27)17-31(30)35-32(40)29-10-6-7-26(15-29)21-37(19-23(2)38)20-24(3)39/h4-18,23-24,38-39H,19-21H2,1-3H3,(H,35,40)(H,36,41). The van der Waals surface area contributed by atoms with Gasteiger partial charge in [-0.25, -0.2) is 5.43 Å². The van der Waals surface area contributed by atoms with E-state index in [9.17, 15) is 19.8 Å². The largest absolute Gasteiger partial charge is 0.392 e. The van der Waals surface area contributed by atoms with Crippen LogP contribution >= 0.6 is 0 Å². The summed E-state index contributed by atoms with van der Waals surface area (Å²) in [5, 5.41) is 28.5. The van der Waals surface area contributed by atoms with Crippen molar-refractivity contribution in [1.82, 2.24) is 10.3 Å². The van der Waals surface area contributed by atoms with Crippen molar-refractivity contribution < 1.29 is 19.8 Å². The number of anilines is 1. The van der Waals surface area contributed by atoms with E-state index in [0.29, 0.717) is 30.9 Å². The van der Waals surface area contributed by atoms with Crippen molar-refractivity contribution in [3.63, 3.8) is 0 Å². The van der Waals surface area contributed by atoms with Crippen LogP contribution in [0.5, 0.6) is 0 Å². The molecule has 8 heteroatoms. The summed E-state index contributed by atoms with van der Waals surface area (Å²) in [4.78, 5) is 28.5. The second-order valence-electron chi connectivity index (χ2n) is 10.4. The van der Waals surface area contributed by atoms with Crippen LogP contribution in [0.2, 0.25) is 0 Å². The number of nitrogens with zero attached hydrogens (tertiary/aromatic N) is 2. The van der Waals surface area contributed by atoms with Crippen LogP contribution in [0, 0.1) is 6.92 Å². The van der Waals surface area contributed by atoms with Crippen molar-refractivity contribution in [2.45, 2.75) is 39.5 Å². The van der Waals surface area contributed by atoms with Gasteiger partial charge in [0.25, 0.3) is 11.8 Å². The minimum atomic E-state index is -0.557. The number of benzene rings is 4. The molecule has 8 nitrogen and oxygen atoms in total. The first-order chi connectivity index (χ1) is 19.7. The smallest absolute Gasteiger partial charge is 0.273 e. The lowest BCUT2D eigenvalue weighted by atomic mass is 10.0. The molecule has 0 aliphatic rings. The van der Waals surface area contributed by atoms with Gasteiger partial charge in [-0.3, -0.25) is 14.5 Å². The summed E-state index contributed by atoms with van der Waals surface area (Å²) in [6, 6.07) is 26.1. The Morgan fingerprint density at radius 2 is 1.51 bits per heavy atom. The molecule has 0 heterocycles. The molecule has 41 heavy (non-hydrogen) atoms. The molecular weight excluding hydrogens is 516 g/mol. The molecule has 0 spiro atoms. The Morgan fingerprint density at radius 3 is 2.17 bits per heavy atom. The molecule has 2 amide bonds. The fourth-order valence-electron chi connectivity index (χ4n) is 4.62. The number of fused-ring (bicyclic) bond motifs is 1. The first-order valence-corrected chi connectivity index (χ1v) is 13.6. The van der Waals surface area contributed by atoms with Crippen LogP contribution in [0.4, 0.5) is 5.69 Å². The molecule has 2 atom stereocenters. The van der Waals surface area contributed by atoms with Crippen LogP contribution in [0.15, 0.2) is 90.0 Å². The third kappa shape index (κ3) is 8.56. The van der Waals surface area contributed by atoms with Gasteiger partial charge in [0, 0.05) is 25.2 Å². The fraction of sp³-hybridized carbons (Fsp3) is 0.242. The maximum atomic E-state index is 13.4. The Labute approximate surface area is 240 Å². The number of aliphatic hydroxyl groups is 2. The second-order valence-corrected chi connectivity index (χ2v) is 10.4. The SMILES string of the molecule is Cc1ccc(C=NNC(=O)c2cc3ccccc3cc2NC(=O)c2cccc(CN(CC(C)O)CC(C)O)c2)cc1. The van der Waals surface area contributed by atoms with E-state index < -0.39 is 18.1 Å². The van der Waals surface area contributed by atoms with Crippen molar-refractivity contribution in [2.75, 3.05) is 18.4 Å². The predicted molar refractivity (Wildman–Crippen MR) is 163 cm³/mol. The molecule has 0 saturated heterocycles. The van der Waals surface area contributed by atoms with Crippen LogP contribution in [0.1, 0.15) is 51.3 Å². The zero-order valence-corrected chi connectivity index (χ0v) is 23.5. The molecule has 0 aromatic heterocycles. The zero-order valence-electron chi connectivity index (χ0n) is 23.5. The Hall–Kier alpha value is -4.37. The summed E-state index contributed by atoms with van der Waals surface area (Å²) in [5.41, 5.74) is 6.50. The second kappa shape index (κ2) is 13.8. The molecule has 0 bridgehead atoms. The minimum absolute atomic E-state index is 0.286. The monoisotopic (exact) mass is 552 g/mol. The number of hydrazone groups is 1. The van der Waals surface area contributed by atoms with Crippen LogP contribution in [0.3, 0.4) is 0 Å². The number of hydrogen-bond acceptors (Lipinski definition) is 6. The van der Waals surface area contributed by atoms with Gasteiger partial charge in [-0.15, -0.1) is 0 Å². The molecule has 0 aliphatic heterocycles. The van der Waals surface area contributed by atoms with E-state index in [1.165, 1.54) is 0 Å². The molecule has 0 saturated carbocycles. The van der Waals surface area contributed by atoms with Gasteiger partial charge >= 0.3 is 0 Å². The molecule has 0 radical (unpaired) electrons. The highest BCUT2D eigenvalue weighted by molar-refractivity contribution is 6.11. The number of amides is 2. The molecule has 4 rings (SSSR count). The number of carbonyl (C=O) groups excluding carboxylic acids is 2. The van der Waals surface area contributed by atoms with Gasteiger partial charge in [-0.2, -0.15) is 5.10 Å². The summed E-state index contributed by atoms with van der Waals surface area (Å²) >= 11 is 0. The average molecular weight is 553 g/mol. The molecule has 0 fully saturated rings. The Bertz CT molecular complexity index is 1520. The first kappa shape index (κ1) is 29.6. The molecule has 0 aliphatic carbocycles. The minimum Gasteiger partial charge on any atom is -0.392 e. The zero-order chi connectivity index (χ0) is 29.4. The number of hydrogen-bond donors (Lipinski definition) is 4. The summed E-state index contributed by atoms with van der Waals surface area (Å²) in [6.45, 7) is 6.64. The maximum absolute atomic E-state index is 13.4. The highest BCUT2D eigenvalue weighted by Gasteiger charge is 2.17. The molecule has 4 N–H and O–H groups in total. The number of aryl methyl sites for hydroxylation is 1. The first-order valence-electron chi connectivity index (χ1n) is 13.6. The van der Waals surface area contributed by atoms with Crippen LogP contribution in [-0.2, 0) is 6.54 Å². The van der Waals surface area contributed by atoms with Crippen LogP contribution < -0.4 is 10.7 Å². The summed E-state index contributed by atoms with van der Waals surface area (Å²) < 4.78 is 0. The Kier molecular flexibility index (Phi) is 9.97. The number of nitrogens with one attached hydrogen (secondary N) is 2. The van der Waals surface area contributed by atoms with Gasteiger partial charge in [0.2, 0.25) is 0 Å². The summed E-state index contributed by atoms with van der Waals surface area (Å²) in [5.74, 6) is -0.813. The third-order valence-electron chi connectivity index (χ3n) is 6.48. The van der Waals surface area contributed by atoms with E-state index in [1.54, 1.807) is 50.4 Å². The van der Waals surface area contributed by atoms with Crippen molar-refractivity contribution in [1.29, 1.82) is 0 Å². The van der Waals surface area contributed by atoms with Crippen molar-refractivity contribution in [2.24, 2.45) is 5.10 Å². The normalized spacial score (nSPS) is 12.9. The number of aliphatic hydroxyl groups excluding tert-OH is 2. The van der Waals surface area contributed by atoms with Gasteiger partial charge < -0.3 is 15.5 Å². The molecule has 2 unspecified atom stereocenters. The van der Waals surface area contributed by atoms with Crippen LogP contribution in [0.25, 0.3) is 10.8 Å². The average Bonchev–Trinajstić information content (AvgIpc) is 2.93. The lowest BCUT2D eigenvalue weighted by Crippen LogP contribution is -2.35. The molecule has 4 aromatic carbocycles. The van der Waals surface area contributed by atoms with Crippen molar-refractivity contribution in [3.05, 3.63) is 113 Å². The summed E-state index contributed by atoms with van der Waals surface area (Å²) in [7, 11) is 0. The number of carbonyl (C=O) groups is 2. The van der Waals surface area contributed by atoms with Gasteiger partial charge in [-0.1, -0.05) is 66.2 Å². The predicted octanol–water partition coefficient (Wildman–Crippen LogP) is 4.73. The lowest BCUT2D eigenvalue weighted by molar-refractivity contribution is 0.0793. The van der Waals surface area contributed by atoms with E-state index in [4.69, 9.17) is 0 Å². The molecule has 4 aromatic rings. The van der Waals surface area contributed by atoms with E-state index in [-0.39, 0.29) is 11.5 Å². The topological polar surface area (TPSA) is 114 Å². The molecular formula is C33H36N4O4. The van der Waals surface area contributed by atoms with Crippen molar-refractivity contribution >= 4 is 34.5 Å². The van der Waals surface area contributed by atoms with E-state index in [2.05, 4.69) is 15.8 Å². The van der Waals surface area contributed by atoms with E-state index >= 15 is 0 Å². The Morgan fingerprint density at radius 1 is 0.854 bits per heavy atom.